The quantitative estimate of drug-likeness (QED) is 0.0222. The Kier molecular flexibility index (Phi) is 57.6. The Morgan fingerprint density at radius 1 is 0.318 bits per heavy atom. The van der Waals surface area contributed by atoms with Crippen molar-refractivity contribution >= 4 is 39.5 Å². The van der Waals surface area contributed by atoms with E-state index >= 15 is 0 Å². The van der Waals surface area contributed by atoms with Crippen molar-refractivity contribution in [2.75, 3.05) is 39.6 Å². The lowest BCUT2D eigenvalue weighted by Gasteiger charge is -2.21. The Hall–Kier alpha value is -1.94. The summed E-state index contributed by atoms with van der Waals surface area (Å²) in [6, 6.07) is 0. The van der Waals surface area contributed by atoms with Crippen molar-refractivity contribution in [1.29, 1.82) is 0 Å². The molecule has 0 aliphatic rings. The first kappa shape index (κ1) is 86.1. The van der Waals surface area contributed by atoms with Gasteiger partial charge in [-0.25, -0.2) is 9.13 Å². The molecule has 0 aliphatic carbocycles. The molecule has 0 fully saturated rings. The summed E-state index contributed by atoms with van der Waals surface area (Å²) in [4.78, 5) is 72.4. The first-order valence-electron chi connectivity index (χ1n) is 35.7. The van der Waals surface area contributed by atoms with Gasteiger partial charge in [0.25, 0.3) is 0 Å². The second kappa shape index (κ2) is 58.8. The molecule has 0 aromatic rings. The Balaban J connectivity index is 5.23. The Morgan fingerprint density at radius 3 is 0.807 bits per heavy atom. The highest BCUT2D eigenvalue weighted by Gasteiger charge is 2.30. The summed E-state index contributed by atoms with van der Waals surface area (Å²) >= 11 is 0. The smallest absolute Gasteiger partial charge is 0.462 e. The number of ether oxygens (including phenoxy) is 4. The Bertz CT molecular complexity index is 1750. The van der Waals surface area contributed by atoms with Crippen molar-refractivity contribution in [2.24, 2.45) is 23.7 Å². The summed E-state index contributed by atoms with van der Waals surface area (Å²) in [6.45, 7) is 14.0. The monoisotopic (exact) mass is 1300 g/mol. The molecule has 0 aromatic carbocycles. The van der Waals surface area contributed by atoms with Crippen LogP contribution in [-0.4, -0.2) is 96.7 Å². The van der Waals surface area contributed by atoms with Gasteiger partial charge in [0.15, 0.2) is 12.2 Å². The first-order chi connectivity index (χ1) is 42.1. The highest BCUT2D eigenvalue weighted by atomic mass is 31.2. The van der Waals surface area contributed by atoms with E-state index in [4.69, 9.17) is 37.0 Å². The number of hydrogen-bond donors (Lipinski definition) is 3. The van der Waals surface area contributed by atoms with Gasteiger partial charge in [0.2, 0.25) is 0 Å². The number of carbonyl (C=O) groups is 4. The number of esters is 4. The van der Waals surface area contributed by atoms with Gasteiger partial charge in [-0.2, -0.15) is 0 Å². The molecule has 522 valence electrons. The van der Waals surface area contributed by atoms with E-state index in [0.717, 1.165) is 114 Å². The number of aliphatic hydroxyl groups is 1. The van der Waals surface area contributed by atoms with E-state index in [1.807, 2.05) is 0 Å². The second-order valence-electron chi connectivity index (χ2n) is 26.6. The largest absolute Gasteiger partial charge is 0.472 e. The van der Waals surface area contributed by atoms with Crippen LogP contribution in [0.5, 0.6) is 0 Å². The maximum Gasteiger partial charge on any atom is 0.472 e. The minimum Gasteiger partial charge on any atom is -0.462 e. The van der Waals surface area contributed by atoms with Crippen molar-refractivity contribution in [3.8, 4) is 0 Å². The fraction of sp³-hybridized carbons (Fsp3) is 0.942. The van der Waals surface area contributed by atoms with Crippen molar-refractivity contribution < 1.29 is 80.2 Å². The van der Waals surface area contributed by atoms with Crippen LogP contribution in [0.4, 0.5) is 0 Å². The number of aliphatic hydroxyl groups excluding tert-OH is 1. The van der Waals surface area contributed by atoms with E-state index in [1.165, 1.54) is 135 Å². The first-order valence-corrected chi connectivity index (χ1v) is 38.7. The van der Waals surface area contributed by atoms with Gasteiger partial charge in [0.05, 0.1) is 26.4 Å². The molecule has 0 rings (SSSR count). The minimum atomic E-state index is -4.95. The zero-order valence-electron chi connectivity index (χ0n) is 57.3. The fourth-order valence-corrected chi connectivity index (χ4v) is 11.9. The highest BCUT2D eigenvalue weighted by molar-refractivity contribution is 7.47. The summed E-state index contributed by atoms with van der Waals surface area (Å²) < 4.78 is 68.2. The number of unbranched alkanes of at least 4 members (excludes halogenated alkanes) is 31. The molecule has 3 unspecified atom stereocenters. The predicted octanol–water partition coefficient (Wildman–Crippen LogP) is 19.3. The molecule has 19 heteroatoms. The van der Waals surface area contributed by atoms with Gasteiger partial charge >= 0.3 is 39.5 Å². The minimum absolute atomic E-state index is 0.102. The average molecular weight is 1300 g/mol. The lowest BCUT2D eigenvalue weighted by atomic mass is 10.00. The van der Waals surface area contributed by atoms with Gasteiger partial charge in [-0.3, -0.25) is 37.3 Å². The van der Waals surface area contributed by atoms with Gasteiger partial charge in [-0.05, 0) is 49.4 Å². The standard InChI is InChI=1S/C69H134O17P2/c1-9-62(8)48-40-32-26-28-36-44-52-69(74)86-65(55-79-66(71)49-41-33-23-19-16-12-14-18-22-30-38-46-60(4)5)58-84-88(77,78)82-54-63(70)53-81-87(75,76)83-57-64(56-80-67(72)50-42-34-27-25-31-39-47-61(6)7)85-68(73)51-43-35-24-20-15-11-10-13-17-21-29-37-45-59(2)3/h59-65,70H,9-58H2,1-8H3,(H,75,76)(H,77,78)/t62?,63-,64+,65+/m0/s1. The molecule has 0 amide bonds. The third-order valence-electron chi connectivity index (χ3n) is 16.2. The molecule has 0 bridgehead atoms. The van der Waals surface area contributed by atoms with Crippen LogP contribution in [-0.2, 0) is 65.4 Å². The molecular weight excluding hydrogens is 1160 g/mol. The number of rotatable bonds is 66. The van der Waals surface area contributed by atoms with E-state index < -0.39 is 97.5 Å². The molecule has 88 heavy (non-hydrogen) atoms. The molecule has 0 spiro atoms. The summed E-state index contributed by atoms with van der Waals surface area (Å²) in [5.41, 5.74) is 0. The average Bonchev–Trinajstić information content (AvgIpc) is 3.69. The predicted molar refractivity (Wildman–Crippen MR) is 354 cm³/mol. The highest BCUT2D eigenvalue weighted by Crippen LogP contribution is 2.45. The maximum absolute atomic E-state index is 13.0. The van der Waals surface area contributed by atoms with Crippen LogP contribution >= 0.6 is 15.6 Å². The van der Waals surface area contributed by atoms with Gasteiger partial charge < -0.3 is 33.8 Å². The van der Waals surface area contributed by atoms with Crippen LogP contribution < -0.4 is 0 Å². The van der Waals surface area contributed by atoms with Crippen molar-refractivity contribution in [3.05, 3.63) is 0 Å². The topological polar surface area (TPSA) is 237 Å². The van der Waals surface area contributed by atoms with E-state index in [2.05, 4.69) is 55.4 Å². The van der Waals surface area contributed by atoms with E-state index in [0.29, 0.717) is 31.6 Å². The van der Waals surface area contributed by atoms with Crippen LogP contribution in [0.25, 0.3) is 0 Å². The van der Waals surface area contributed by atoms with E-state index in [-0.39, 0.29) is 25.7 Å². The number of phosphoric ester groups is 2. The SMILES string of the molecule is CCC(C)CCCCCCCCC(=O)O[C@H](COC(=O)CCCCCCCCCCCCCC(C)C)COP(=O)(O)OC[C@@H](O)COP(=O)(O)OC[C@@H](COC(=O)CCCCCCCCC(C)C)OC(=O)CCCCCCCCCCCCCCC(C)C. The van der Waals surface area contributed by atoms with Gasteiger partial charge in [-0.15, -0.1) is 0 Å². The zero-order valence-corrected chi connectivity index (χ0v) is 59.1. The summed E-state index contributed by atoms with van der Waals surface area (Å²) in [5, 5.41) is 10.6. The Morgan fingerprint density at radius 2 is 0.545 bits per heavy atom. The summed E-state index contributed by atoms with van der Waals surface area (Å²) in [6.07, 6.45) is 40.5. The van der Waals surface area contributed by atoms with E-state index in [1.54, 1.807) is 0 Å². The van der Waals surface area contributed by atoms with Crippen LogP contribution in [0.15, 0.2) is 0 Å². The van der Waals surface area contributed by atoms with Crippen LogP contribution in [0.3, 0.4) is 0 Å². The molecule has 0 aromatic heterocycles. The molecular formula is C69H134O17P2. The summed E-state index contributed by atoms with van der Waals surface area (Å²) in [7, 11) is -9.90. The fourth-order valence-electron chi connectivity index (χ4n) is 10.3. The van der Waals surface area contributed by atoms with Crippen LogP contribution in [0.2, 0.25) is 0 Å². The molecule has 17 nitrogen and oxygen atoms in total. The number of phosphoric acid groups is 2. The third-order valence-corrected chi connectivity index (χ3v) is 18.1. The van der Waals surface area contributed by atoms with Crippen molar-refractivity contribution in [2.45, 2.75) is 356 Å². The van der Waals surface area contributed by atoms with Crippen LogP contribution in [0.1, 0.15) is 338 Å². The molecule has 0 heterocycles. The van der Waals surface area contributed by atoms with E-state index in [9.17, 15) is 43.2 Å². The van der Waals surface area contributed by atoms with Crippen molar-refractivity contribution in [1.82, 2.24) is 0 Å². The molecule has 6 atom stereocenters. The van der Waals surface area contributed by atoms with Gasteiger partial charge in [0.1, 0.15) is 19.3 Å². The molecule has 0 aliphatic heterocycles. The lowest BCUT2D eigenvalue weighted by Crippen LogP contribution is -2.30. The number of carbonyl (C=O) groups excluding carboxylic acids is 4. The number of hydrogen-bond acceptors (Lipinski definition) is 15. The molecule has 0 saturated carbocycles. The molecule has 0 radical (unpaired) electrons. The second-order valence-corrected chi connectivity index (χ2v) is 29.5. The molecule has 0 saturated heterocycles. The lowest BCUT2D eigenvalue weighted by molar-refractivity contribution is -0.161. The maximum atomic E-state index is 13.0. The zero-order chi connectivity index (χ0) is 65.4. The Labute approximate surface area is 537 Å². The van der Waals surface area contributed by atoms with Gasteiger partial charge in [0, 0.05) is 25.7 Å². The third kappa shape index (κ3) is 61.6. The van der Waals surface area contributed by atoms with Gasteiger partial charge in [-0.1, -0.05) is 287 Å². The summed E-state index contributed by atoms with van der Waals surface area (Å²) in [5.74, 6) is 0.813. The normalized spacial score (nSPS) is 14.6. The van der Waals surface area contributed by atoms with Crippen molar-refractivity contribution in [3.63, 3.8) is 0 Å². The molecule has 3 N–H and O–H groups in total. The van der Waals surface area contributed by atoms with Crippen LogP contribution in [0, 0.1) is 23.7 Å².